The summed E-state index contributed by atoms with van der Waals surface area (Å²) in [6, 6.07) is 3.22. The Kier molecular flexibility index (Phi) is 3.22. The second kappa shape index (κ2) is 4.89. The Morgan fingerprint density at radius 2 is 2.37 bits per heavy atom. The molecular weight excluding hydrogens is 247 g/mol. The van der Waals surface area contributed by atoms with Crippen LogP contribution in [0.25, 0.3) is 0 Å². The van der Waals surface area contributed by atoms with Crippen LogP contribution in [0, 0.1) is 11.7 Å². The summed E-state index contributed by atoms with van der Waals surface area (Å²) in [6.45, 7) is 0.781. The predicted molar refractivity (Wildman–Crippen MR) is 66.9 cm³/mol. The topological polar surface area (TPSA) is 42.4 Å². The van der Waals surface area contributed by atoms with Crippen LogP contribution >= 0.6 is 0 Å². The number of methoxy groups -OCH3 is 1. The number of rotatable bonds is 3. The lowest BCUT2D eigenvalue weighted by molar-refractivity contribution is -0.133. The van der Waals surface area contributed by atoms with Crippen molar-refractivity contribution in [1.82, 2.24) is 9.88 Å². The van der Waals surface area contributed by atoms with E-state index < -0.39 is 0 Å². The van der Waals surface area contributed by atoms with Crippen LogP contribution < -0.4 is 0 Å². The highest BCUT2D eigenvalue weighted by Crippen LogP contribution is 2.39. The molecule has 4 nitrogen and oxygen atoms in total. The first kappa shape index (κ1) is 12.5. The SMILES string of the molecule is COC1CC2CC1CN2C(=O)Cc1ccc(F)cn1. The van der Waals surface area contributed by atoms with E-state index in [9.17, 15) is 9.18 Å². The van der Waals surface area contributed by atoms with Crippen molar-refractivity contribution < 1.29 is 13.9 Å². The van der Waals surface area contributed by atoms with Gasteiger partial charge in [-0.15, -0.1) is 0 Å². The van der Waals surface area contributed by atoms with Gasteiger partial charge in [-0.1, -0.05) is 0 Å². The van der Waals surface area contributed by atoms with Gasteiger partial charge in [0, 0.05) is 31.3 Å². The molecule has 1 saturated carbocycles. The first-order valence-electron chi connectivity index (χ1n) is 6.60. The number of likely N-dealkylation sites (tertiary alicyclic amines) is 1. The molecule has 1 saturated heterocycles. The van der Waals surface area contributed by atoms with Crippen molar-refractivity contribution in [2.45, 2.75) is 31.4 Å². The Morgan fingerprint density at radius 3 is 2.95 bits per heavy atom. The van der Waals surface area contributed by atoms with E-state index in [4.69, 9.17) is 4.74 Å². The predicted octanol–water partition coefficient (Wildman–Crippen LogP) is 1.40. The second-order valence-electron chi connectivity index (χ2n) is 5.35. The Bertz CT molecular complexity index is 477. The van der Waals surface area contributed by atoms with Gasteiger partial charge < -0.3 is 9.64 Å². The lowest BCUT2D eigenvalue weighted by atomic mass is 10.1. The van der Waals surface area contributed by atoms with Gasteiger partial charge in [0.25, 0.3) is 0 Å². The zero-order valence-corrected chi connectivity index (χ0v) is 10.9. The summed E-state index contributed by atoms with van der Waals surface area (Å²) in [4.78, 5) is 18.1. The third kappa shape index (κ3) is 2.34. The van der Waals surface area contributed by atoms with Crippen LogP contribution in [0.15, 0.2) is 18.3 Å². The van der Waals surface area contributed by atoms with Crippen LogP contribution in [-0.4, -0.2) is 41.6 Å². The van der Waals surface area contributed by atoms with Crippen molar-refractivity contribution in [1.29, 1.82) is 0 Å². The molecule has 2 bridgehead atoms. The smallest absolute Gasteiger partial charge is 0.228 e. The second-order valence-corrected chi connectivity index (χ2v) is 5.35. The number of pyridine rings is 1. The largest absolute Gasteiger partial charge is 0.381 e. The summed E-state index contributed by atoms with van der Waals surface area (Å²) in [6.07, 6.45) is 3.68. The fourth-order valence-corrected chi connectivity index (χ4v) is 3.27. The number of ether oxygens (including phenoxy) is 1. The molecule has 5 heteroatoms. The summed E-state index contributed by atoms with van der Waals surface area (Å²) >= 11 is 0. The van der Waals surface area contributed by atoms with Crippen molar-refractivity contribution in [3.8, 4) is 0 Å². The van der Waals surface area contributed by atoms with Crippen molar-refractivity contribution in [3.63, 3.8) is 0 Å². The molecule has 0 spiro atoms. The molecule has 102 valence electrons. The van der Waals surface area contributed by atoms with Gasteiger partial charge in [-0.3, -0.25) is 9.78 Å². The van der Waals surface area contributed by atoms with E-state index in [1.807, 2.05) is 4.90 Å². The van der Waals surface area contributed by atoms with Crippen molar-refractivity contribution >= 4 is 5.91 Å². The molecule has 1 amide bonds. The van der Waals surface area contributed by atoms with Gasteiger partial charge >= 0.3 is 0 Å². The van der Waals surface area contributed by atoms with E-state index in [0.717, 1.165) is 25.6 Å². The Hall–Kier alpha value is -1.49. The highest BCUT2D eigenvalue weighted by molar-refractivity contribution is 5.79. The molecular formula is C14H17FN2O2. The van der Waals surface area contributed by atoms with Gasteiger partial charge in [-0.25, -0.2) is 4.39 Å². The van der Waals surface area contributed by atoms with Gasteiger partial charge in [-0.05, 0) is 25.0 Å². The first-order valence-corrected chi connectivity index (χ1v) is 6.60. The minimum Gasteiger partial charge on any atom is -0.381 e. The maximum Gasteiger partial charge on any atom is 0.228 e. The molecule has 2 fully saturated rings. The molecule has 0 N–H and O–H groups in total. The Morgan fingerprint density at radius 1 is 1.53 bits per heavy atom. The van der Waals surface area contributed by atoms with E-state index in [1.54, 1.807) is 13.2 Å². The molecule has 2 aliphatic rings. The number of fused-ring (bicyclic) bond motifs is 2. The van der Waals surface area contributed by atoms with Gasteiger partial charge in [-0.2, -0.15) is 0 Å². The summed E-state index contributed by atoms with van der Waals surface area (Å²) in [7, 11) is 1.74. The lowest BCUT2D eigenvalue weighted by Gasteiger charge is -2.30. The van der Waals surface area contributed by atoms with Crippen LogP contribution in [0.2, 0.25) is 0 Å². The zero-order valence-electron chi connectivity index (χ0n) is 10.9. The fourth-order valence-electron chi connectivity index (χ4n) is 3.27. The number of nitrogens with zero attached hydrogens (tertiary/aromatic N) is 2. The van der Waals surface area contributed by atoms with Crippen LogP contribution in [0.4, 0.5) is 4.39 Å². The van der Waals surface area contributed by atoms with Gasteiger partial charge in [0.1, 0.15) is 5.82 Å². The lowest BCUT2D eigenvalue weighted by Crippen LogP contribution is -2.42. The molecule has 1 aromatic heterocycles. The normalized spacial score (nSPS) is 28.9. The monoisotopic (exact) mass is 264 g/mol. The zero-order chi connectivity index (χ0) is 13.4. The molecule has 3 rings (SSSR count). The van der Waals surface area contributed by atoms with Crippen molar-refractivity contribution in [3.05, 3.63) is 29.8 Å². The Balaban J connectivity index is 1.62. The average Bonchev–Trinajstić information content (AvgIpc) is 3.00. The molecule has 3 atom stereocenters. The highest BCUT2D eigenvalue weighted by Gasteiger charge is 2.46. The van der Waals surface area contributed by atoms with Crippen LogP contribution in [0.5, 0.6) is 0 Å². The Labute approximate surface area is 111 Å². The number of halogens is 1. The van der Waals surface area contributed by atoms with Crippen molar-refractivity contribution in [2.75, 3.05) is 13.7 Å². The summed E-state index contributed by atoms with van der Waals surface area (Å²) in [5.41, 5.74) is 0.623. The average molecular weight is 264 g/mol. The summed E-state index contributed by atoms with van der Waals surface area (Å²) in [5.74, 6) is 0.181. The summed E-state index contributed by atoms with van der Waals surface area (Å²) < 4.78 is 18.2. The fraction of sp³-hybridized carbons (Fsp3) is 0.571. The number of carbonyl (C=O) groups is 1. The van der Waals surface area contributed by atoms with Crippen LogP contribution in [-0.2, 0) is 16.0 Å². The number of aromatic nitrogens is 1. The molecule has 3 unspecified atom stereocenters. The van der Waals surface area contributed by atoms with E-state index in [1.165, 1.54) is 6.07 Å². The van der Waals surface area contributed by atoms with E-state index >= 15 is 0 Å². The molecule has 19 heavy (non-hydrogen) atoms. The van der Waals surface area contributed by atoms with Crippen molar-refractivity contribution in [2.24, 2.45) is 5.92 Å². The van der Waals surface area contributed by atoms with Crippen LogP contribution in [0.3, 0.4) is 0 Å². The van der Waals surface area contributed by atoms with Gasteiger partial charge in [0.05, 0.1) is 18.7 Å². The number of piperidine rings is 1. The maximum absolute atomic E-state index is 12.8. The van der Waals surface area contributed by atoms with E-state index in [2.05, 4.69) is 4.98 Å². The minimum atomic E-state index is -0.376. The maximum atomic E-state index is 12.8. The molecule has 1 aliphatic carbocycles. The number of hydrogen-bond donors (Lipinski definition) is 0. The molecule has 0 aromatic carbocycles. The molecule has 2 heterocycles. The number of amides is 1. The quantitative estimate of drug-likeness (QED) is 0.828. The third-order valence-corrected chi connectivity index (χ3v) is 4.22. The van der Waals surface area contributed by atoms with Gasteiger partial charge in [0.2, 0.25) is 5.91 Å². The minimum absolute atomic E-state index is 0.0844. The summed E-state index contributed by atoms with van der Waals surface area (Å²) in [5, 5.41) is 0. The first-order chi connectivity index (χ1) is 9.17. The number of hydrogen-bond acceptors (Lipinski definition) is 3. The number of carbonyl (C=O) groups excluding carboxylic acids is 1. The highest BCUT2D eigenvalue weighted by atomic mass is 19.1. The van der Waals surface area contributed by atoms with E-state index in [0.29, 0.717) is 23.8 Å². The van der Waals surface area contributed by atoms with Gasteiger partial charge in [0.15, 0.2) is 0 Å². The third-order valence-electron chi connectivity index (χ3n) is 4.22. The van der Waals surface area contributed by atoms with E-state index in [-0.39, 0.29) is 18.1 Å². The molecule has 1 aliphatic heterocycles. The van der Waals surface area contributed by atoms with Crippen LogP contribution in [0.1, 0.15) is 18.5 Å². The standard InChI is InChI=1S/C14H17FN2O2/c1-19-13-6-12-4-9(13)8-17(12)14(18)5-11-3-2-10(15)7-16-11/h2-3,7,9,12-13H,4-6,8H2,1H3. The molecule has 0 radical (unpaired) electrons. The molecule has 1 aromatic rings.